The summed E-state index contributed by atoms with van der Waals surface area (Å²) in [6.07, 6.45) is 4.32. The number of nitrogens with one attached hydrogen (secondary N) is 1. The predicted octanol–water partition coefficient (Wildman–Crippen LogP) is 3.12. The summed E-state index contributed by atoms with van der Waals surface area (Å²) >= 11 is 5.79. The highest BCUT2D eigenvalue weighted by Crippen LogP contribution is 2.30. The van der Waals surface area contributed by atoms with E-state index in [0.717, 1.165) is 19.3 Å². The van der Waals surface area contributed by atoms with Crippen LogP contribution in [0.2, 0.25) is 5.02 Å². The highest BCUT2D eigenvalue weighted by Gasteiger charge is 2.27. The van der Waals surface area contributed by atoms with Gasteiger partial charge in [-0.15, -0.1) is 0 Å². The van der Waals surface area contributed by atoms with Crippen LogP contribution in [-0.4, -0.2) is 18.8 Å². The van der Waals surface area contributed by atoms with Gasteiger partial charge in [0.2, 0.25) is 10.0 Å². The van der Waals surface area contributed by atoms with Gasteiger partial charge < -0.3 is 5.11 Å². The lowest BCUT2D eigenvalue weighted by molar-refractivity contribution is 0.475. The maximum absolute atomic E-state index is 12.2. The van der Waals surface area contributed by atoms with Crippen LogP contribution in [0.25, 0.3) is 0 Å². The van der Waals surface area contributed by atoms with Crippen molar-refractivity contribution in [3.05, 3.63) is 23.2 Å². The summed E-state index contributed by atoms with van der Waals surface area (Å²) in [7, 11) is -3.44. The monoisotopic (exact) mass is 289 g/mol. The van der Waals surface area contributed by atoms with Gasteiger partial charge in [-0.2, -0.15) is 0 Å². The van der Waals surface area contributed by atoms with E-state index in [1.54, 1.807) is 0 Å². The minimum atomic E-state index is -3.44. The van der Waals surface area contributed by atoms with Crippen LogP contribution in [0.4, 0.5) is 5.69 Å². The smallest absolute Gasteiger partial charge is 0.235 e. The number of anilines is 1. The third-order valence-electron chi connectivity index (χ3n) is 3.20. The SMILES string of the molecule is O=S(=O)(Nc1cc(Cl)ccc1O)C1CCCCC1. The van der Waals surface area contributed by atoms with Gasteiger partial charge in [0.25, 0.3) is 0 Å². The largest absolute Gasteiger partial charge is 0.506 e. The first-order valence-corrected chi connectivity index (χ1v) is 7.91. The molecule has 0 amide bonds. The van der Waals surface area contributed by atoms with E-state index >= 15 is 0 Å². The average Bonchev–Trinajstić information content (AvgIpc) is 2.35. The van der Waals surface area contributed by atoms with Crippen molar-refractivity contribution in [1.82, 2.24) is 0 Å². The van der Waals surface area contributed by atoms with Gasteiger partial charge in [-0.25, -0.2) is 8.42 Å². The molecule has 0 aromatic heterocycles. The van der Waals surface area contributed by atoms with Gasteiger partial charge in [-0.3, -0.25) is 4.72 Å². The molecule has 0 aliphatic heterocycles. The molecule has 0 heterocycles. The zero-order chi connectivity index (χ0) is 13.2. The van der Waals surface area contributed by atoms with E-state index in [1.165, 1.54) is 18.2 Å². The molecule has 2 rings (SSSR count). The summed E-state index contributed by atoms with van der Waals surface area (Å²) in [5.41, 5.74) is 0.146. The number of benzene rings is 1. The Morgan fingerprint density at radius 1 is 1.22 bits per heavy atom. The van der Waals surface area contributed by atoms with Crippen LogP contribution in [0, 0.1) is 0 Å². The topological polar surface area (TPSA) is 66.4 Å². The van der Waals surface area contributed by atoms with E-state index in [9.17, 15) is 13.5 Å². The number of phenolic OH excluding ortho intramolecular Hbond substituents is 1. The number of halogens is 1. The molecule has 1 aliphatic carbocycles. The van der Waals surface area contributed by atoms with Crippen molar-refractivity contribution in [2.45, 2.75) is 37.4 Å². The normalized spacial score (nSPS) is 17.6. The molecule has 1 aliphatic rings. The van der Waals surface area contributed by atoms with Crippen molar-refractivity contribution in [2.75, 3.05) is 4.72 Å². The summed E-state index contributed by atoms with van der Waals surface area (Å²) in [6.45, 7) is 0. The van der Waals surface area contributed by atoms with Gasteiger partial charge in [-0.05, 0) is 31.0 Å². The molecule has 100 valence electrons. The summed E-state index contributed by atoms with van der Waals surface area (Å²) in [5.74, 6) is -0.112. The van der Waals surface area contributed by atoms with E-state index in [2.05, 4.69) is 4.72 Å². The third-order valence-corrected chi connectivity index (χ3v) is 5.29. The molecule has 0 bridgehead atoms. The molecule has 1 saturated carbocycles. The zero-order valence-electron chi connectivity index (χ0n) is 9.89. The maximum Gasteiger partial charge on any atom is 0.235 e. The molecule has 1 aromatic rings. The summed E-state index contributed by atoms with van der Waals surface area (Å²) in [5, 5.41) is 9.62. The van der Waals surface area contributed by atoms with Crippen LogP contribution in [0.15, 0.2) is 18.2 Å². The Labute approximate surface area is 112 Å². The molecule has 0 spiro atoms. The first-order chi connectivity index (χ1) is 8.49. The molecule has 2 N–H and O–H groups in total. The summed E-state index contributed by atoms with van der Waals surface area (Å²) in [6, 6.07) is 4.30. The van der Waals surface area contributed by atoms with Crippen molar-refractivity contribution < 1.29 is 13.5 Å². The van der Waals surface area contributed by atoms with Crippen molar-refractivity contribution >= 4 is 27.3 Å². The second-order valence-electron chi connectivity index (χ2n) is 4.57. The lowest BCUT2D eigenvalue weighted by atomic mass is 10.0. The fourth-order valence-electron chi connectivity index (χ4n) is 2.20. The number of hydrogen-bond donors (Lipinski definition) is 2. The van der Waals surface area contributed by atoms with E-state index in [-0.39, 0.29) is 16.7 Å². The van der Waals surface area contributed by atoms with Crippen molar-refractivity contribution in [2.24, 2.45) is 0 Å². The Hall–Kier alpha value is -0.940. The standard InChI is InChI=1S/C12H16ClNO3S/c13-9-6-7-12(15)11(8-9)14-18(16,17)10-4-2-1-3-5-10/h6-8,10,14-15H,1-5H2. The molecule has 18 heavy (non-hydrogen) atoms. The molecule has 6 heteroatoms. The van der Waals surface area contributed by atoms with Crippen LogP contribution in [0.3, 0.4) is 0 Å². The molecule has 0 radical (unpaired) electrons. The fraction of sp³-hybridized carbons (Fsp3) is 0.500. The summed E-state index contributed by atoms with van der Waals surface area (Å²) in [4.78, 5) is 0. The van der Waals surface area contributed by atoms with Crippen LogP contribution in [0.1, 0.15) is 32.1 Å². The second kappa shape index (κ2) is 5.36. The predicted molar refractivity (Wildman–Crippen MR) is 72.5 cm³/mol. The molecule has 4 nitrogen and oxygen atoms in total. The maximum atomic E-state index is 12.2. The molecule has 0 unspecified atom stereocenters. The molecule has 1 aromatic carbocycles. The number of sulfonamides is 1. The Morgan fingerprint density at radius 3 is 2.56 bits per heavy atom. The zero-order valence-corrected chi connectivity index (χ0v) is 11.5. The Morgan fingerprint density at radius 2 is 1.89 bits per heavy atom. The minimum Gasteiger partial charge on any atom is -0.506 e. The van der Waals surface area contributed by atoms with Crippen LogP contribution in [0.5, 0.6) is 5.75 Å². The van der Waals surface area contributed by atoms with Crippen LogP contribution < -0.4 is 4.72 Å². The second-order valence-corrected chi connectivity index (χ2v) is 6.97. The molecule has 0 saturated heterocycles. The molecule has 0 atom stereocenters. The molecule has 1 fully saturated rings. The summed E-state index contributed by atoms with van der Waals surface area (Å²) < 4.78 is 26.7. The third kappa shape index (κ3) is 3.09. The lowest BCUT2D eigenvalue weighted by Gasteiger charge is -2.22. The van der Waals surface area contributed by atoms with Gasteiger partial charge in [0.15, 0.2) is 0 Å². The van der Waals surface area contributed by atoms with Gasteiger partial charge in [0, 0.05) is 5.02 Å². The number of phenols is 1. The van der Waals surface area contributed by atoms with Gasteiger partial charge in [0.05, 0.1) is 10.9 Å². The average molecular weight is 290 g/mol. The minimum absolute atomic E-state index is 0.112. The lowest BCUT2D eigenvalue weighted by Crippen LogP contribution is -2.29. The highest BCUT2D eigenvalue weighted by molar-refractivity contribution is 7.93. The Kier molecular flexibility index (Phi) is 4.02. The highest BCUT2D eigenvalue weighted by atomic mass is 35.5. The van der Waals surface area contributed by atoms with Crippen LogP contribution in [-0.2, 0) is 10.0 Å². The Bertz CT molecular complexity index is 524. The van der Waals surface area contributed by atoms with Crippen molar-refractivity contribution in [1.29, 1.82) is 0 Å². The van der Waals surface area contributed by atoms with Crippen LogP contribution >= 0.6 is 11.6 Å². The fourth-order valence-corrected chi connectivity index (χ4v) is 3.96. The number of hydrogen-bond acceptors (Lipinski definition) is 3. The molecular weight excluding hydrogens is 274 g/mol. The van der Waals surface area contributed by atoms with Crippen molar-refractivity contribution in [3.8, 4) is 5.75 Å². The Balaban J connectivity index is 2.18. The molecular formula is C12H16ClNO3S. The van der Waals surface area contributed by atoms with Crippen molar-refractivity contribution in [3.63, 3.8) is 0 Å². The van der Waals surface area contributed by atoms with Gasteiger partial charge in [-0.1, -0.05) is 30.9 Å². The van der Waals surface area contributed by atoms with Gasteiger partial charge in [0.1, 0.15) is 5.75 Å². The first kappa shape index (κ1) is 13.5. The number of rotatable bonds is 3. The van der Waals surface area contributed by atoms with E-state index in [1.807, 2.05) is 0 Å². The van der Waals surface area contributed by atoms with E-state index < -0.39 is 10.0 Å². The van der Waals surface area contributed by atoms with E-state index in [4.69, 9.17) is 11.6 Å². The quantitative estimate of drug-likeness (QED) is 0.840. The first-order valence-electron chi connectivity index (χ1n) is 5.99. The number of aromatic hydroxyl groups is 1. The van der Waals surface area contributed by atoms with E-state index in [0.29, 0.717) is 17.9 Å². The van der Waals surface area contributed by atoms with Gasteiger partial charge >= 0.3 is 0 Å².